The minimum atomic E-state index is -0.172. The Morgan fingerprint density at radius 2 is 1.67 bits per heavy atom. The Labute approximate surface area is 126 Å². The van der Waals surface area contributed by atoms with Crippen LogP contribution in [0.3, 0.4) is 0 Å². The van der Waals surface area contributed by atoms with Crippen molar-refractivity contribution in [3.8, 4) is 0 Å². The molecule has 3 heteroatoms. The molecule has 0 fully saturated rings. The SMILES string of the molecule is Cc1cccc(N)c1C(=O)Nc1ccc(C(C)(C)C)cc1. The van der Waals surface area contributed by atoms with Gasteiger partial charge in [-0.15, -0.1) is 0 Å². The molecule has 0 saturated carbocycles. The Bertz CT molecular complexity index is 632. The third kappa shape index (κ3) is 3.43. The molecular weight excluding hydrogens is 260 g/mol. The number of benzene rings is 2. The van der Waals surface area contributed by atoms with Crippen LogP contribution in [0, 0.1) is 6.92 Å². The fourth-order valence-corrected chi connectivity index (χ4v) is 2.25. The summed E-state index contributed by atoms with van der Waals surface area (Å²) in [5.41, 5.74) is 9.91. The average Bonchev–Trinajstić information content (AvgIpc) is 2.38. The topological polar surface area (TPSA) is 55.1 Å². The minimum absolute atomic E-state index is 0.100. The van der Waals surface area contributed by atoms with Gasteiger partial charge in [-0.05, 0) is 41.7 Å². The highest BCUT2D eigenvalue weighted by molar-refractivity contribution is 6.08. The first-order chi connectivity index (χ1) is 9.79. The lowest BCUT2D eigenvalue weighted by Gasteiger charge is -2.19. The standard InChI is InChI=1S/C18H22N2O/c1-12-6-5-7-15(19)16(12)17(21)20-14-10-8-13(9-11-14)18(2,3)4/h5-11H,19H2,1-4H3,(H,20,21). The molecule has 0 atom stereocenters. The molecule has 0 aliphatic carbocycles. The summed E-state index contributed by atoms with van der Waals surface area (Å²) in [4.78, 5) is 12.3. The summed E-state index contributed by atoms with van der Waals surface area (Å²) in [5, 5.41) is 2.90. The summed E-state index contributed by atoms with van der Waals surface area (Å²) in [5.74, 6) is -0.172. The van der Waals surface area contributed by atoms with Crippen LogP contribution in [0.15, 0.2) is 42.5 Å². The van der Waals surface area contributed by atoms with Gasteiger partial charge in [0.05, 0.1) is 5.56 Å². The highest BCUT2D eigenvalue weighted by atomic mass is 16.1. The molecule has 3 N–H and O–H groups in total. The van der Waals surface area contributed by atoms with Gasteiger partial charge in [0, 0.05) is 11.4 Å². The number of anilines is 2. The van der Waals surface area contributed by atoms with Crippen molar-refractivity contribution < 1.29 is 4.79 Å². The first-order valence-electron chi connectivity index (χ1n) is 7.06. The number of nitrogens with two attached hydrogens (primary N) is 1. The summed E-state index contributed by atoms with van der Waals surface area (Å²) >= 11 is 0. The smallest absolute Gasteiger partial charge is 0.258 e. The van der Waals surface area contributed by atoms with E-state index in [9.17, 15) is 4.79 Å². The van der Waals surface area contributed by atoms with E-state index in [0.717, 1.165) is 11.3 Å². The molecule has 110 valence electrons. The maximum absolute atomic E-state index is 12.3. The summed E-state index contributed by atoms with van der Waals surface area (Å²) in [6, 6.07) is 13.4. The van der Waals surface area contributed by atoms with Gasteiger partial charge >= 0.3 is 0 Å². The lowest BCUT2D eigenvalue weighted by molar-refractivity contribution is 0.102. The maximum Gasteiger partial charge on any atom is 0.258 e. The zero-order valence-electron chi connectivity index (χ0n) is 13.0. The van der Waals surface area contributed by atoms with Crippen molar-refractivity contribution in [2.45, 2.75) is 33.1 Å². The van der Waals surface area contributed by atoms with E-state index in [1.54, 1.807) is 6.07 Å². The van der Waals surface area contributed by atoms with Gasteiger partial charge in [-0.25, -0.2) is 0 Å². The van der Waals surface area contributed by atoms with Crippen LogP contribution in [0.1, 0.15) is 42.3 Å². The molecule has 0 aliphatic heterocycles. The summed E-state index contributed by atoms with van der Waals surface area (Å²) in [7, 11) is 0. The van der Waals surface area contributed by atoms with Crippen molar-refractivity contribution in [2.75, 3.05) is 11.1 Å². The van der Waals surface area contributed by atoms with Gasteiger partial charge in [-0.3, -0.25) is 4.79 Å². The second-order valence-electron chi connectivity index (χ2n) is 6.32. The Kier molecular flexibility index (Phi) is 4.03. The summed E-state index contributed by atoms with van der Waals surface area (Å²) in [6.45, 7) is 8.37. The van der Waals surface area contributed by atoms with E-state index >= 15 is 0 Å². The number of amides is 1. The van der Waals surface area contributed by atoms with Crippen molar-refractivity contribution in [2.24, 2.45) is 0 Å². The monoisotopic (exact) mass is 282 g/mol. The molecular formula is C18H22N2O. The second-order valence-corrected chi connectivity index (χ2v) is 6.32. The largest absolute Gasteiger partial charge is 0.398 e. The summed E-state index contributed by atoms with van der Waals surface area (Å²) < 4.78 is 0. The first kappa shape index (κ1) is 15.1. The Hall–Kier alpha value is -2.29. The molecule has 0 unspecified atom stereocenters. The number of hydrogen-bond donors (Lipinski definition) is 2. The predicted octanol–water partition coefficient (Wildman–Crippen LogP) is 4.13. The third-order valence-corrected chi connectivity index (χ3v) is 3.54. The highest BCUT2D eigenvalue weighted by Crippen LogP contribution is 2.24. The zero-order chi connectivity index (χ0) is 15.6. The van der Waals surface area contributed by atoms with Crippen LogP contribution in [0.2, 0.25) is 0 Å². The van der Waals surface area contributed by atoms with E-state index in [1.807, 2.05) is 43.3 Å². The van der Waals surface area contributed by atoms with Crippen LogP contribution in [0.25, 0.3) is 0 Å². The van der Waals surface area contributed by atoms with Crippen LogP contribution in [0.4, 0.5) is 11.4 Å². The molecule has 2 rings (SSSR count). The molecule has 0 heterocycles. The highest BCUT2D eigenvalue weighted by Gasteiger charge is 2.15. The predicted molar refractivity (Wildman–Crippen MR) is 88.7 cm³/mol. The molecule has 21 heavy (non-hydrogen) atoms. The second kappa shape index (κ2) is 5.60. The Morgan fingerprint density at radius 3 is 2.19 bits per heavy atom. The zero-order valence-corrected chi connectivity index (χ0v) is 13.0. The van der Waals surface area contributed by atoms with Gasteiger partial charge < -0.3 is 11.1 Å². The summed E-state index contributed by atoms with van der Waals surface area (Å²) in [6.07, 6.45) is 0. The van der Waals surface area contributed by atoms with Gasteiger partial charge in [0.2, 0.25) is 0 Å². The van der Waals surface area contributed by atoms with E-state index < -0.39 is 0 Å². The maximum atomic E-state index is 12.3. The van der Waals surface area contributed by atoms with Crippen molar-refractivity contribution in [3.63, 3.8) is 0 Å². The van der Waals surface area contributed by atoms with Gasteiger partial charge in [-0.2, -0.15) is 0 Å². The van der Waals surface area contributed by atoms with E-state index in [4.69, 9.17) is 5.73 Å². The minimum Gasteiger partial charge on any atom is -0.398 e. The van der Waals surface area contributed by atoms with Gasteiger partial charge in [0.15, 0.2) is 0 Å². The molecule has 3 nitrogen and oxygen atoms in total. The molecule has 0 aliphatic rings. The fraction of sp³-hybridized carbons (Fsp3) is 0.278. The van der Waals surface area contributed by atoms with Gasteiger partial charge in [0.1, 0.15) is 0 Å². The van der Waals surface area contributed by atoms with Gasteiger partial charge in [-0.1, -0.05) is 45.0 Å². The van der Waals surface area contributed by atoms with E-state index in [0.29, 0.717) is 11.3 Å². The average molecular weight is 282 g/mol. The van der Waals surface area contributed by atoms with E-state index in [-0.39, 0.29) is 11.3 Å². The molecule has 0 bridgehead atoms. The number of nitrogen functional groups attached to an aromatic ring is 1. The van der Waals surface area contributed by atoms with Crippen molar-refractivity contribution in [1.82, 2.24) is 0 Å². The van der Waals surface area contributed by atoms with Crippen LogP contribution in [-0.4, -0.2) is 5.91 Å². The number of aryl methyl sites for hydroxylation is 1. The molecule has 1 amide bonds. The van der Waals surface area contributed by atoms with Crippen molar-refractivity contribution >= 4 is 17.3 Å². The number of carbonyl (C=O) groups is 1. The first-order valence-corrected chi connectivity index (χ1v) is 7.06. The van der Waals surface area contributed by atoms with Crippen LogP contribution in [-0.2, 0) is 5.41 Å². The fourth-order valence-electron chi connectivity index (χ4n) is 2.25. The molecule has 2 aromatic carbocycles. The molecule has 0 radical (unpaired) electrons. The molecule has 0 saturated heterocycles. The molecule has 0 spiro atoms. The quantitative estimate of drug-likeness (QED) is 0.814. The van der Waals surface area contributed by atoms with Crippen LogP contribution in [0.5, 0.6) is 0 Å². The molecule has 2 aromatic rings. The van der Waals surface area contributed by atoms with Crippen LogP contribution >= 0.6 is 0 Å². The van der Waals surface area contributed by atoms with Crippen molar-refractivity contribution in [3.05, 3.63) is 59.2 Å². The van der Waals surface area contributed by atoms with Gasteiger partial charge in [0.25, 0.3) is 5.91 Å². The Balaban J connectivity index is 2.21. The number of carbonyl (C=O) groups excluding carboxylic acids is 1. The normalized spacial score (nSPS) is 11.2. The molecule has 0 aromatic heterocycles. The number of hydrogen-bond acceptors (Lipinski definition) is 2. The number of nitrogens with one attached hydrogen (secondary N) is 1. The van der Waals surface area contributed by atoms with Crippen molar-refractivity contribution in [1.29, 1.82) is 0 Å². The van der Waals surface area contributed by atoms with Crippen LogP contribution < -0.4 is 11.1 Å². The number of rotatable bonds is 2. The lowest BCUT2D eigenvalue weighted by Crippen LogP contribution is -2.16. The van der Waals surface area contributed by atoms with E-state index in [1.165, 1.54) is 5.56 Å². The van der Waals surface area contributed by atoms with E-state index in [2.05, 4.69) is 26.1 Å². The third-order valence-electron chi connectivity index (χ3n) is 3.54. The lowest BCUT2D eigenvalue weighted by atomic mass is 9.87. The Morgan fingerprint density at radius 1 is 1.05 bits per heavy atom.